The van der Waals surface area contributed by atoms with Gasteiger partial charge in [-0.2, -0.15) is 0 Å². The summed E-state index contributed by atoms with van der Waals surface area (Å²) in [4.78, 5) is 13.5. The summed E-state index contributed by atoms with van der Waals surface area (Å²) in [6.45, 7) is 13.9. The first-order valence-corrected chi connectivity index (χ1v) is 10.7. The van der Waals surface area contributed by atoms with Gasteiger partial charge >= 0.3 is 0 Å². The van der Waals surface area contributed by atoms with E-state index in [0.29, 0.717) is 5.57 Å². The molecule has 30 heavy (non-hydrogen) atoms. The Balaban J connectivity index is 2.41. The number of aliphatic carboxylic acids is 1. The molecule has 1 heterocycles. The van der Waals surface area contributed by atoms with E-state index in [1.807, 2.05) is 24.3 Å². The normalized spacial score (nSPS) is 11.8. The Hall–Kier alpha value is -3.08. The summed E-state index contributed by atoms with van der Waals surface area (Å²) >= 11 is 0. The molecule has 0 fully saturated rings. The Labute approximate surface area is 177 Å². The number of carboxylic acids is 1. The summed E-state index contributed by atoms with van der Waals surface area (Å²) in [5, 5.41) is 13.3. The second-order valence-corrected chi connectivity index (χ2v) is 7.33. The molecular weight excluding hydrogens is 376 g/mol. The van der Waals surface area contributed by atoms with Gasteiger partial charge < -0.3 is 19.2 Å². The van der Waals surface area contributed by atoms with Crippen molar-refractivity contribution in [2.75, 3.05) is 31.1 Å². The molecule has 0 aromatic heterocycles. The zero-order valence-corrected chi connectivity index (χ0v) is 18.5. The van der Waals surface area contributed by atoms with Crippen LogP contribution in [0.25, 0.3) is 27.9 Å². The van der Waals surface area contributed by atoms with Gasteiger partial charge in [0.25, 0.3) is 0 Å². The fourth-order valence-corrected chi connectivity index (χ4v) is 4.11. The van der Waals surface area contributed by atoms with Gasteiger partial charge in [-0.3, -0.25) is 0 Å². The minimum absolute atomic E-state index is 0.645. The smallest absolute Gasteiger partial charge is 0.203 e. The lowest BCUT2D eigenvalue weighted by Gasteiger charge is -2.22. The number of carbonyl (C=O) groups excluding carboxylic acids is 1. The summed E-state index contributed by atoms with van der Waals surface area (Å²) in [7, 11) is 0. The molecule has 0 radical (unpaired) electrons. The molecule has 0 saturated carbocycles. The highest BCUT2D eigenvalue weighted by Crippen LogP contribution is 2.38. The highest BCUT2D eigenvalue weighted by Gasteiger charge is 2.19. The van der Waals surface area contributed by atoms with Crippen LogP contribution in [-0.2, 0) is 4.79 Å². The van der Waals surface area contributed by atoms with Crippen LogP contribution in [0.4, 0.5) is 5.69 Å². The first-order valence-electron chi connectivity index (χ1n) is 10.7. The molecule has 5 heteroatoms. The number of allylic oxidation sites excluding steroid dienone is 1. The van der Waals surface area contributed by atoms with Crippen molar-refractivity contribution < 1.29 is 14.3 Å². The van der Waals surface area contributed by atoms with E-state index in [0.717, 1.165) is 71.2 Å². The minimum atomic E-state index is -1.20. The Kier molecular flexibility index (Phi) is 6.60. The van der Waals surface area contributed by atoms with Crippen molar-refractivity contribution in [1.29, 1.82) is 0 Å². The first kappa shape index (κ1) is 21.6. The van der Waals surface area contributed by atoms with Crippen LogP contribution in [0.1, 0.15) is 40.2 Å². The molecule has 0 spiro atoms. The average Bonchev–Trinajstić information content (AvgIpc) is 2.73. The molecule has 3 rings (SSSR count). The van der Waals surface area contributed by atoms with Gasteiger partial charge in [0.15, 0.2) is 0 Å². The fraction of sp³-hybridized carbons (Fsp3) is 0.360. The molecule has 0 unspecified atom stereocenters. The topological polar surface area (TPSA) is 59.5 Å². The molecule has 158 valence electrons. The van der Waals surface area contributed by atoms with E-state index < -0.39 is 5.97 Å². The van der Waals surface area contributed by atoms with Gasteiger partial charge in [-0.05, 0) is 70.0 Å². The Morgan fingerprint density at radius 2 is 1.77 bits per heavy atom. The minimum Gasteiger partial charge on any atom is -0.545 e. The zero-order chi connectivity index (χ0) is 21.8. The predicted molar refractivity (Wildman–Crippen MR) is 121 cm³/mol. The largest absolute Gasteiger partial charge is 0.545 e. The van der Waals surface area contributed by atoms with E-state index >= 15 is 0 Å². The van der Waals surface area contributed by atoms with Gasteiger partial charge in [-0.25, -0.2) is 4.58 Å². The van der Waals surface area contributed by atoms with Crippen molar-refractivity contribution in [1.82, 2.24) is 4.58 Å². The summed E-state index contributed by atoms with van der Waals surface area (Å²) < 4.78 is 8.62. The first-order chi connectivity index (χ1) is 14.4. The van der Waals surface area contributed by atoms with E-state index in [2.05, 4.69) is 49.3 Å². The lowest BCUT2D eigenvalue weighted by atomic mass is 9.94. The summed E-state index contributed by atoms with van der Waals surface area (Å²) in [6, 6.07) is 12.3. The van der Waals surface area contributed by atoms with Crippen LogP contribution in [0.5, 0.6) is 0 Å². The molecule has 1 aromatic carbocycles. The van der Waals surface area contributed by atoms with Gasteiger partial charge in [0.2, 0.25) is 5.36 Å². The van der Waals surface area contributed by atoms with Crippen molar-refractivity contribution in [3.63, 3.8) is 0 Å². The van der Waals surface area contributed by atoms with Crippen molar-refractivity contribution in [3.05, 3.63) is 53.4 Å². The van der Waals surface area contributed by atoms with Gasteiger partial charge in [-0.1, -0.05) is 0 Å². The number of nitrogens with zero attached hydrogens (tertiary/aromatic N) is 2. The summed E-state index contributed by atoms with van der Waals surface area (Å²) in [5.74, 6) is -0.459. The second kappa shape index (κ2) is 9.16. The van der Waals surface area contributed by atoms with Crippen LogP contribution in [0, 0.1) is 0 Å². The van der Waals surface area contributed by atoms with Crippen LogP contribution in [0.2, 0.25) is 0 Å². The maximum Gasteiger partial charge on any atom is 0.203 e. The van der Waals surface area contributed by atoms with Crippen LogP contribution in [-0.4, -0.2) is 32.1 Å². The van der Waals surface area contributed by atoms with Crippen molar-refractivity contribution in [3.8, 4) is 11.3 Å². The lowest BCUT2D eigenvalue weighted by Crippen LogP contribution is -2.29. The average molecular weight is 407 g/mol. The van der Waals surface area contributed by atoms with E-state index in [4.69, 9.17) is 4.42 Å². The number of carbonyl (C=O) groups is 1. The predicted octanol–water partition coefficient (Wildman–Crippen LogP) is 3.35. The molecule has 0 bridgehead atoms. The molecule has 1 aromatic rings. The van der Waals surface area contributed by atoms with Gasteiger partial charge in [0.05, 0.1) is 12.0 Å². The van der Waals surface area contributed by atoms with Gasteiger partial charge in [-0.15, -0.1) is 0 Å². The maximum absolute atomic E-state index is 11.3. The fourth-order valence-electron chi connectivity index (χ4n) is 4.11. The van der Waals surface area contributed by atoms with E-state index in [1.165, 1.54) is 0 Å². The second-order valence-electron chi connectivity index (χ2n) is 7.33. The molecule has 2 aliphatic rings. The molecule has 0 atom stereocenters. The maximum atomic E-state index is 11.3. The monoisotopic (exact) mass is 406 g/mol. The third-order valence-corrected chi connectivity index (χ3v) is 5.67. The third kappa shape index (κ3) is 4.11. The number of anilines is 1. The number of hydrogen-bond acceptors (Lipinski definition) is 4. The summed E-state index contributed by atoms with van der Waals surface area (Å²) in [5.41, 5.74) is 4.23. The highest BCUT2D eigenvalue weighted by atomic mass is 16.4. The van der Waals surface area contributed by atoms with E-state index in [-0.39, 0.29) is 0 Å². The molecule has 0 amide bonds. The van der Waals surface area contributed by atoms with Crippen LogP contribution < -0.4 is 19.9 Å². The van der Waals surface area contributed by atoms with Gasteiger partial charge in [0, 0.05) is 41.9 Å². The van der Waals surface area contributed by atoms with Crippen molar-refractivity contribution in [2.45, 2.75) is 34.6 Å². The number of hydrogen-bond donors (Lipinski definition) is 0. The SMILES string of the molecule is CCN(CC)c1ccc2c(/C(C)=C\C(=O)[O-])c3ccc(=[N+](CC)CC)cc-3oc2c1. The van der Waals surface area contributed by atoms with Gasteiger partial charge in [0.1, 0.15) is 24.4 Å². The van der Waals surface area contributed by atoms with Crippen LogP contribution in [0.3, 0.4) is 0 Å². The lowest BCUT2D eigenvalue weighted by molar-refractivity contribution is -0.297. The van der Waals surface area contributed by atoms with Crippen molar-refractivity contribution in [2.24, 2.45) is 0 Å². The van der Waals surface area contributed by atoms with E-state index in [9.17, 15) is 9.90 Å². The Morgan fingerprint density at radius 1 is 1.07 bits per heavy atom. The molecule has 1 aliphatic carbocycles. The van der Waals surface area contributed by atoms with Crippen molar-refractivity contribution >= 4 is 28.2 Å². The summed E-state index contributed by atoms with van der Waals surface area (Å²) in [6.07, 6.45) is 1.16. The van der Waals surface area contributed by atoms with E-state index in [1.54, 1.807) is 6.92 Å². The molecule has 0 saturated heterocycles. The quantitative estimate of drug-likeness (QED) is 0.343. The Bertz CT molecular complexity index is 1130. The highest BCUT2D eigenvalue weighted by molar-refractivity contribution is 6.02. The van der Waals surface area contributed by atoms with Crippen LogP contribution >= 0.6 is 0 Å². The number of rotatable bonds is 7. The molecule has 5 nitrogen and oxygen atoms in total. The Morgan fingerprint density at radius 3 is 2.37 bits per heavy atom. The molecule has 0 N–H and O–H groups in total. The molecular formula is C25H30N2O3. The molecule has 1 aliphatic heterocycles. The van der Waals surface area contributed by atoms with Crippen LogP contribution in [0.15, 0.2) is 46.9 Å². The standard InChI is InChI=1S/C25H30N2O3/c1-6-26(7-2)18-10-12-20-22(15-18)30-23-16-19(27(8-3)9-4)11-13-21(23)25(20)17(5)14-24(28)29/h10-16H,6-9H2,1-5H3/b17-14-. The number of benzene rings is 2. The number of fused-ring (bicyclic) bond motifs is 2. The third-order valence-electron chi connectivity index (χ3n) is 5.67. The zero-order valence-electron chi connectivity index (χ0n) is 18.5. The number of carboxylic acid groups (broad SMARTS) is 1.